The number of anilines is 2. The Kier molecular flexibility index (Phi) is 6.56. The zero-order valence-electron chi connectivity index (χ0n) is 15.4. The lowest BCUT2D eigenvalue weighted by molar-refractivity contribution is 0.0946. The molecule has 0 aliphatic carbocycles. The molecule has 1 atom stereocenters. The Balaban J connectivity index is 2.17. The number of rotatable bonds is 7. The van der Waals surface area contributed by atoms with Gasteiger partial charge in [0.2, 0.25) is 0 Å². The molecule has 0 fully saturated rings. The molecule has 1 amide bonds. The molecule has 0 saturated heterocycles. The molecule has 1 aromatic carbocycles. The van der Waals surface area contributed by atoms with Gasteiger partial charge < -0.3 is 21.5 Å². The van der Waals surface area contributed by atoms with Gasteiger partial charge in [0.1, 0.15) is 23.1 Å². The van der Waals surface area contributed by atoms with E-state index >= 15 is 0 Å². The van der Waals surface area contributed by atoms with Crippen LogP contribution in [0.4, 0.5) is 11.5 Å². The van der Waals surface area contributed by atoms with Gasteiger partial charge in [0, 0.05) is 18.8 Å². The summed E-state index contributed by atoms with van der Waals surface area (Å²) in [4.78, 5) is 16.7. The summed E-state index contributed by atoms with van der Waals surface area (Å²) in [5.74, 6) is -0.394. The first-order chi connectivity index (χ1) is 13.2. The number of nitrogens with zero attached hydrogens (tertiary/aromatic N) is 2. The Morgan fingerprint density at radius 1 is 1.36 bits per heavy atom. The van der Waals surface area contributed by atoms with Gasteiger partial charge in [-0.2, -0.15) is 5.26 Å². The van der Waals surface area contributed by atoms with Gasteiger partial charge in [-0.15, -0.1) is 0 Å². The Bertz CT molecular complexity index is 1010. The second kappa shape index (κ2) is 8.69. The molecule has 0 unspecified atom stereocenters. The molecule has 2 rings (SSSR count). The van der Waals surface area contributed by atoms with Gasteiger partial charge in [0.15, 0.2) is 9.84 Å². The van der Waals surface area contributed by atoms with Crippen molar-refractivity contribution in [1.29, 1.82) is 5.26 Å². The quantitative estimate of drug-likeness (QED) is 0.525. The topological polar surface area (TPSA) is 158 Å². The third-order valence-corrected chi connectivity index (χ3v) is 4.98. The maximum Gasteiger partial charge on any atom is 0.270 e. The summed E-state index contributed by atoms with van der Waals surface area (Å²) in [5.41, 5.74) is 6.75. The lowest BCUT2D eigenvalue weighted by atomic mass is 10.1. The molecule has 0 radical (unpaired) electrons. The molecule has 2 aromatic rings. The molecule has 28 heavy (non-hydrogen) atoms. The number of nitrogens with two attached hydrogens (primary N) is 1. The molecule has 0 aliphatic rings. The third kappa shape index (κ3) is 5.18. The summed E-state index contributed by atoms with van der Waals surface area (Å²) in [6, 6.07) is 8.98. The van der Waals surface area contributed by atoms with Crippen molar-refractivity contribution in [2.24, 2.45) is 0 Å². The second-order valence-electron chi connectivity index (χ2n) is 6.26. The van der Waals surface area contributed by atoms with Crippen LogP contribution in [0.15, 0.2) is 35.2 Å². The van der Waals surface area contributed by atoms with E-state index in [1.807, 2.05) is 6.07 Å². The number of benzene rings is 1. The van der Waals surface area contributed by atoms with E-state index in [2.05, 4.69) is 15.6 Å². The summed E-state index contributed by atoms with van der Waals surface area (Å²) < 4.78 is 23.0. The maximum absolute atomic E-state index is 12.4. The summed E-state index contributed by atoms with van der Waals surface area (Å²) in [6.45, 7) is 1.65. The normalized spacial score (nSPS) is 12.1. The molecule has 0 bridgehead atoms. The Morgan fingerprint density at radius 2 is 2.00 bits per heavy atom. The van der Waals surface area contributed by atoms with Crippen LogP contribution in [0.5, 0.6) is 0 Å². The average Bonchev–Trinajstić information content (AvgIpc) is 2.65. The first-order valence-corrected chi connectivity index (χ1v) is 10.2. The molecule has 1 aromatic heterocycles. The molecule has 9 nitrogen and oxygen atoms in total. The minimum Gasteiger partial charge on any atom is -0.397 e. The van der Waals surface area contributed by atoms with Gasteiger partial charge >= 0.3 is 0 Å². The van der Waals surface area contributed by atoms with Crippen molar-refractivity contribution in [1.82, 2.24) is 10.3 Å². The van der Waals surface area contributed by atoms with Crippen LogP contribution in [-0.4, -0.2) is 43.3 Å². The fourth-order valence-corrected chi connectivity index (χ4v) is 2.94. The molecule has 0 saturated carbocycles. The van der Waals surface area contributed by atoms with Crippen molar-refractivity contribution in [3.8, 4) is 6.07 Å². The Hall–Kier alpha value is -3.16. The van der Waals surface area contributed by atoms with Crippen LogP contribution in [0.2, 0.25) is 0 Å². The highest BCUT2D eigenvalue weighted by Crippen LogP contribution is 2.21. The smallest absolute Gasteiger partial charge is 0.270 e. The molecular formula is C18H21N5O4S. The number of sulfone groups is 1. The number of pyridine rings is 1. The minimum atomic E-state index is -3.28. The van der Waals surface area contributed by atoms with Gasteiger partial charge in [-0.3, -0.25) is 4.79 Å². The number of nitrogens with one attached hydrogen (secondary N) is 2. The van der Waals surface area contributed by atoms with E-state index in [0.717, 1.165) is 6.26 Å². The van der Waals surface area contributed by atoms with Gasteiger partial charge in [-0.25, -0.2) is 13.4 Å². The number of amides is 1. The van der Waals surface area contributed by atoms with Gasteiger partial charge in [-0.1, -0.05) is 12.1 Å². The fourth-order valence-electron chi connectivity index (χ4n) is 2.31. The minimum absolute atomic E-state index is 0.0110. The van der Waals surface area contributed by atoms with Crippen molar-refractivity contribution in [3.05, 3.63) is 47.2 Å². The average molecular weight is 403 g/mol. The summed E-state index contributed by atoms with van der Waals surface area (Å²) >= 11 is 0. The highest BCUT2D eigenvalue weighted by Gasteiger charge is 2.16. The zero-order chi connectivity index (χ0) is 20.9. The number of aromatic nitrogens is 1. The number of hydrogen-bond donors (Lipinski definition) is 4. The number of hydrogen-bond acceptors (Lipinski definition) is 8. The summed E-state index contributed by atoms with van der Waals surface area (Å²) in [7, 11) is -3.28. The van der Waals surface area contributed by atoms with Crippen LogP contribution < -0.4 is 16.4 Å². The first-order valence-electron chi connectivity index (χ1n) is 8.31. The Morgan fingerprint density at radius 3 is 2.54 bits per heavy atom. The molecular weight excluding hydrogens is 382 g/mol. The fraction of sp³-hybridized carbons (Fsp3) is 0.278. The first kappa shape index (κ1) is 21.1. The van der Waals surface area contributed by atoms with Crippen molar-refractivity contribution < 1.29 is 18.3 Å². The standard InChI is InChI=1S/C18H21N5O4S/c1-11(10-24)22-17-14(8-19)15(20)7-16(23-17)18(25)21-9-12-3-5-13(6-4-12)28(2,26)27/h3-7,11,24H,9-10H2,1-2H3,(H,21,25)(H3,20,22,23)/t11-/m0/s1. The van der Waals surface area contributed by atoms with Crippen LogP contribution in [0, 0.1) is 11.3 Å². The number of nitrogen functional groups attached to an aromatic ring is 1. The zero-order valence-corrected chi connectivity index (χ0v) is 16.2. The molecule has 5 N–H and O–H groups in total. The van der Waals surface area contributed by atoms with Crippen molar-refractivity contribution in [2.45, 2.75) is 24.4 Å². The monoisotopic (exact) mass is 403 g/mol. The van der Waals surface area contributed by atoms with E-state index in [1.54, 1.807) is 19.1 Å². The number of aliphatic hydroxyl groups excluding tert-OH is 1. The predicted molar refractivity (Wildman–Crippen MR) is 104 cm³/mol. The largest absolute Gasteiger partial charge is 0.397 e. The third-order valence-electron chi connectivity index (χ3n) is 3.86. The van der Waals surface area contributed by atoms with E-state index < -0.39 is 15.7 Å². The number of carbonyl (C=O) groups is 1. The number of carbonyl (C=O) groups excluding carboxylic acids is 1. The second-order valence-corrected chi connectivity index (χ2v) is 8.27. The summed E-state index contributed by atoms with van der Waals surface area (Å²) in [5, 5.41) is 23.9. The van der Waals surface area contributed by atoms with Gasteiger partial charge in [0.05, 0.1) is 17.2 Å². The van der Waals surface area contributed by atoms with Crippen LogP contribution in [-0.2, 0) is 16.4 Å². The van der Waals surface area contributed by atoms with Crippen molar-refractivity contribution >= 4 is 27.2 Å². The van der Waals surface area contributed by atoms with Crippen molar-refractivity contribution in [3.63, 3.8) is 0 Å². The van der Waals surface area contributed by atoms with E-state index in [4.69, 9.17) is 10.8 Å². The van der Waals surface area contributed by atoms with Gasteiger partial charge in [0.25, 0.3) is 5.91 Å². The summed E-state index contributed by atoms with van der Waals surface area (Å²) in [6.07, 6.45) is 1.12. The van der Waals surface area contributed by atoms with E-state index in [9.17, 15) is 18.5 Å². The van der Waals surface area contributed by atoms with Crippen LogP contribution in [0.1, 0.15) is 28.5 Å². The van der Waals surface area contributed by atoms with E-state index in [-0.39, 0.29) is 46.9 Å². The predicted octanol–water partition coefficient (Wildman–Crippen LogP) is 0.662. The highest BCUT2D eigenvalue weighted by molar-refractivity contribution is 7.90. The van der Waals surface area contributed by atoms with Crippen LogP contribution in [0.25, 0.3) is 0 Å². The molecule has 0 spiro atoms. The maximum atomic E-state index is 12.4. The van der Waals surface area contributed by atoms with Crippen LogP contribution in [0.3, 0.4) is 0 Å². The SMILES string of the molecule is C[C@@H](CO)Nc1nc(C(=O)NCc2ccc(S(C)(=O)=O)cc2)cc(N)c1C#N. The molecule has 148 valence electrons. The number of nitriles is 1. The molecule has 1 heterocycles. The van der Waals surface area contributed by atoms with Crippen LogP contribution >= 0.6 is 0 Å². The van der Waals surface area contributed by atoms with Crippen molar-refractivity contribution in [2.75, 3.05) is 23.9 Å². The highest BCUT2D eigenvalue weighted by atomic mass is 32.2. The lowest BCUT2D eigenvalue weighted by Gasteiger charge is -2.15. The Labute approximate surface area is 163 Å². The van der Waals surface area contributed by atoms with E-state index in [0.29, 0.717) is 5.56 Å². The van der Waals surface area contributed by atoms with Gasteiger partial charge in [-0.05, 0) is 30.7 Å². The van der Waals surface area contributed by atoms with E-state index in [1.165, 1.54) is 18.2 Å². The molecule has 0 aliphatic heterocycles. The molecule has 10 heteroatoms. The number of aliphatic hydroxyl groups is 1. The lowest BCUT2D eigenvalue weighted by Crippen LogP contribution is -2.26.